The number of rotatable bonds is 7. The minimum absolute atomic E-state index is 0.329. The summed E-state index contributed by atoms with van der Waals surface area (Å²) in [7, 11) is 3.18. The highest BCUT2D eigenvalue weighted by atomic mass is 16.5. The normalized spacial score (nSPS) is 11.3. The fraction of sp³-hybridized carbons (Fsp3) is 0.200. The molecule has 0 fully saturated rings. The summed E-state index contributed by atoms with van der Waals surface area (Å²) in [5, 5.41) is 7.41. The molecule has 0 saturated carbocycles. The number of aliphatic imine (C=N–C) groups is 1. The molecule has 0 bridgehead atoms. The molecule has 0 unspecified atom stereocenters. The number of ether oxygens (including phenoxy) is 2. The van der Waals surface area contributed by atoms with Crippen molar-refractivity contribution in [3.63, 3.8) is 0 Å². The third kappa shape index (κ3) is 4.78. The Kier molecular flexibility index (Phi) is 5.94. The van der Waals surface area contributed by atoms with Crippen LogP contribution >= 0.6 is 0 Å². The lowest BCUT2D eigenvalue weighted by molar-refractivity contribution is 0.355. The minimum Gasteiger partial charge on any atom is -0.493 e. The predicted molar refractivity (Wildman–Crippen MR) is 110 cm³/mol. The summed E-state index contributed by atoms with van der Waals surface area (Å²) in [6.07, 6.45) is 0. The molecule has 0 amide bonds. The average Bonchev–Trinajstić information content (AvgIpc) is 2.71. The van der Waals surface area contributed by atoms with E-state index in [1.54, 1.807) is 26.4 Å². The second-order valence-corrected chi connectivity index (χ2v) is 5.78. The van der Waals surface area contributed by atoms with Crippen molar-refractivity contribution in [3.05, 3.63) is 54.6 Å². The number of hydrogen-bond acceptors (Lipinski definition) is 5. The molecule has 0 atom stereocenters. The van der Waals surface area contributed by atoms with Crippen molar-refractivity contribution in [2.45, 2.75) is 0 Å². The molecule has 0 aliphatic rings. The zero-order valence-corrected chi connectivity index (χ0v) is 15.4. The van der Waals surface area contributed by atoms with Crippen molar-refractivity contribution in [2.24, 2.45) is 10.7 Å². The molecule has 0 aliphatic carbocycles. The van der Waals surface area contributed by atoms with Crippen LogP contribution < -0.4 is 25.8 Å². The number of aromatic nitrogens is 1. The largest absolute Gasteiger partial charge is 0.493 e. The van der Waals surface area contributed by atoms with Gasteiger partial charge >= 0.3 is 0 Å². The Morgan fingerprint density at radius 3 is 2.67 bits per heavy atom. The van der Waals surface area contributed by atoms with Crippen LogP contribution in [0.2, 0.25) is 0 Å². The Bertz CT molecular complexity index is 943. The first-order valence-electron chi connectivity index (χ1n) is 8.58. The van der Waals surface area contributed by atoms with Crippen LogP contribution in [0.4, 0.5) is 11.5 Å². The van der Waals surface area contributed by atoms with Crippen LogP contribution in [-0.2, 0) is 0 Å². The lowest BCUT2D eigenvalue weighted by atomic mass is 10.2. The van der Waals surface area contributed by atoms with Crippen LogP contribution in [0.25, 0.3) is 10.9 Å². The third-order valence-corrected chi connectivity index (χ3v) is 3.95. The monoisotopic (exact) mass is 365 g/mol. The van der Waals surface area contributed by atoms with Crippen molar-refractivity contribution >= 4 is 28.4 Å². The molecule has 0 radical (unpaired) electrons. The van der Waals surface area contributed by atoms with E-state index in [2.05, 4.69) is 20.6 Å². The molecular formula is C20H23N5O2. The first kappa shape index (κ1) is 18.3. The fourth-order valence-corrected chi connectivity index (χ4v) is 2.63. The topological polar surface area (TPSA) is 93.8 Å². The van der Waals surface area contributed by atoms with Gasteiger partial charge in [0.15, 0.2) is 17.5 Å². The number of guanidine groups is 1. The van der Waals surface area contributed by atoms with Gasteiger partial charge in [-0.3, -0.25) is 4.99 Å². The van der Waals surface area contributed by atoms with Crippen LogP contribution in [-0.4, -0.2) is 38.3 Å². The zero-order valence-electron chi connectivity index (χ0n) is 15.4. The third-order valence-electron chi connectivity index (χ3n) is 3.95. The van der Waals surface area contributed by atoms with Gasteiger partial charge in [-0.05, 0) is 30.3 Å². The maximum Gasteiger partial charge on any atom is 0.193 e. The van der Waals surface area contributed by atoms with Crippen LogP contribution in [0.1, 0.15) is 0 Å². The standard InChI is InChI=1S/C20H23N5O2/c1-26-17-9-8-15(13-18(17)27-2)24-20(21)23-12-11-22-19-10-7-14-5-3-4-6-16(14)25-19/h3-10,13H,11-12H2,1-2H3,(H,22,25)(H3,21,23,24). The van der Waals surface area contributed by atoms with Crippen LogP contribution in [0.15, 0.2) is 59.6 Å². The number of fused-ring (bicyclic) bond motifs is 1. The van der Waals surface area contributed by atoms with Crippen molar-refractivity contribution in [3.8, 4) is 11.5 Å². The maximum absolute atomic E-state index is 5.95. The molecule has 1 heterocycles. The van der Waals surface area contributed by atoms with Crippen molar-refractivity contribution < 1.29 is 9.47 Å². The van der Waals surface area contributed by atoms with E-state index in [0.717, 1.165) is 22.4 Å². The Balaban J connectivity index is 1.53. The molecule has 2 aromatic carbocycles. The predicted octanol–water partition coefficient (Wildman–Crippen LogP) is 3.09. The molecular weight excluding hydrogens is 342 g/mol. The number of benzene rings is 2. The number of anilines is 2. The van der Waals surface area contributed by atoms with Crippen molar-refractivity contribution in [2.75, 3.05) is 37.9 Å². The summed E-state index contributed by atoms with van der Waals surface area (Å²) < 4.78 is 10.5. The van der Waals surface area contributed by atoms with E-state index in [1.807, 2.05) is 42.5 Å². The molecule has 27 heavy (non-hydrogen) atoms. The highest BCUT2D eigenvalue weighted by Crippen LogP contribution is 2.29. The van der Waals surface area contributed by atoms with Crippen LogP contribution in [0.5, 0.6) is 11.5 Å². The van der Waals surface area contributed by atoms with Gasteiger partial charge in [-0.1, -0.05) is 18.2 Å². The van der Waals surface area contributed by atoms with Gasteiger partial charge in [0.1, 0.15) is 5.82 Å². The Morgan fingerprint density at radius 2 is 1.85 bits per heavy atom. The molecule has 0 saturated heterocycles. The van der Waals surface area contributed by atoms with Gasteiger partial charge < -0.3 is 25.8 Å². The molecule has 3 aromatic rings. The molecule has 3 rings (SSSR count). The van der Waals surface area contributed by atoms with Crippen LogP contribution in [0, 0.1) is 0 Å². The second kappa shape index (κ2) is 8.75. The van der Waals surface area contributed by atoms with E-state index in [1.165, 1.54) is 0 Å². The summed E-state index contributed by atoms with van der Waals surface area (Å²) in [6.45, 7) is 1.14. The summed E-state index contributed by atoms with van der Waals surface area (Å²) in [4.78, 5) is 8.88. The number of nitrogens with two attached hydrogens (primary N) is 1. The summed E-state index contributed by atoms with van der Waals surface area (Å²) in [6, 6.07) is 17.5. The Morgan fingerprint density at radius 1 is 1.04 bits per heavy atom. The summed E-state index contributed by atoms with van der Waals surface area (Å²) in [5.74, 6) is 2.43. The van der Waals surface area contributed by atoms with E-state index < -0.39 is 0 Å². The highest BCUT2D eigenvalue weighted by Gasteiger charge is 2.05. The molecule has 7 nitrogen and oxygen atoms in total. The van der Waals surface area contributed by atoms with E-state index in [0.29, 0.717) is 30.5 Å². The lowest BCUT2D eigenvalue weighted by Gasteiger charge is -2.11. The van der Waals surface area contributed by atoms with E-state index in [4.69, 9.17) is 15.2 Å². The minimum atomic E-state index is 0.329. The number of para-hydroxylation sites is 1. The molecule has 0 aliphatic heterocycles. The molecule has 0 spiro atoms. The molecule has 140 valence electrons. The molecule has 4 N–H and O–H groups in total. The SMILES string of the molecule is COc1ccc(NC(N)=NCCNc2ccc3ccccc3n2)cc1OC. The van der Waals surface area contributed by atoms with Crippen molar-refractivity contribution in [1.82, 2.24) is 4.98 Å². The number of nitrogens with zero attached hydrogens (tertiary/aromatic N) is 2. The molecule has 1 aromatic heterocycles. The van der Waals surface area contributed by atoms with E-state index in [9.17, 15) is 0 Å². The van der Waals surface area contributed by atoms with E-state index in [-0.39, 0.29) is 0 Å². The van der Waals surface area contributed by atoms with Gasteiger partial charge in [-0.25, -0.2) is 4.98 Å². The lowest BCUT2D eigenvalue weighted by Crippen LogP contribution is -2.23. The van der Waals surface area contributed by atoms with Gasteiger partial charge in [-0.15, -0.1) is 0 Å². The summed E-state index contributed by atoms with van der Waals surface area (Å²) >= 11 is 0. The van der Waals surface area contributed by atoms with Crippen LogP contribution in [0.3, 0.4) is 0 Å². The number of hydrogen-bond donors (Lipinski definition) is 3. The molecule has 7 heteroatoms. The zero-order chi connectivity index (χ0) is 19.1. The number of pyridine rings is 1. The first-order valence-corrected chi connectivity index (χ1v) is 8.58. The van der Waals surface area contributed by atoms with Crippen molar-refractivity contribution in [1.29, 1.82) is 0 Å². The average molecular weight is 365 g/mol. The van der Waals surface area contributed by atoms with Gasteiger partial charge in [0.25, 0.3) is 0 Å². The van der Waals surface area contributed by atoms with Gasteiger partial charge in [0.2, 0.25) is 0 Å². The highest BCUT2D eigenvalue weighted by molar-refractivity contribution is 5.92. The number of methoxy groups -OCH3 is 2. The quantitative estimate of drug-likeness (QED) is 0.338. The smallest absolute Gasteiger partial charge is 0.193 e. The number of nitrogens with one attached hydrogen (secondary N) is 2. The Labute approximate surface area is 158 Å². The Hall–Kier alpha value is -3.48. The van der Waals surface area contributed by atoms with Gasteiger partial charge in [0.05, 0.1) is 26.3 Å². The van der Waals surface area contributed by atoms with E-state index >= 15 is 0 Å². The maximum atomic E-state index is 5.95. The second-order valence-electron chi connectivity index (χ2n) is 5.78. The van der Waals surface area contributed by atoms with Gasteiger partial charge in [0, 0.05) is 23.7 Å². The van der Waals surface area contributed by atoms with Gasteiger partial charge in [-0.2, -0.15) is 0 Å². The summed E-state index contributed by atoms with van der Waals surface area (Å²) in [5.41, 5.74) is 7.68. The first-order chi connectivity index (χ1) is 13.2. The fourth-order valence-electron chi connectivity index (χ4n) is 2.63.